The number of alkyl halides is 2. The number of nitrogens with zero attached hydrogens (tertiary/aromatic N) is 8. The summed E-state index contributed by atoms with van der Waals surface area (Å²) in [6.07, 6.45) is 7.48. The summed E-state index contributed by atoms with van der Waals surface area (Å²) >= 11 is 0. The molecule has 2 aliphatic heterocycles. The van der Waals surface area contributed by atoms with E-state index in [1.54, 1.807) is 28.6 Å². The number of imidazole rings is 1. The third-order valence-corrected chi connectivity index (χ3v) is 10.8. The van der Waals surface area contributed by atoms with E-state index in [9.17, 15) is 28.0 Å². The van der Waals surface area contributed by atoms with Crippen LogP contribution in [0.1, 0.15) is 78.6 Å². The van der Waals surface area contributed by atoms with Crippen molar-refractivity contribution in [3.63, 3.8) is 0 Å². The van der Waals surface area contributed by atoms with Crippen molar-refractivity contribution in [3.8, 4) is 0 Å². The Labute approximate surface area is 301 Å². The molecule has 53 heavy (non-hydrogen) atoms. The number of anilines is 1. The van der Waals surface area contributed by atoms with Gasteiger partial charge in [0.25, 0.3) is 12.3 Å². The molecule has 3 aliphatic rings. The van der Waals surface area contributed by atoms with Gasteiger partial charge in [-0.1, -0.05) is 12.1 Å². The molecular formula is C36H40F2N10O5. The molecule has 1 saturated carbocycles. The van der Waals surface area contributed by atoms with E-state index in [1.165, 1.54) is 27.7 Å². The average molecular weight is 731 g/mol. The fourth-order valence-corrected chi connectivity index (χ4v) is 8.21. The second-order valence-electron chi connectivity index (χ2n) is 14.2. The number of hydrogen-bond donors (Lipinski definition) is 2. The van der Waals surface area contributed by atoms with Crippen molar-refractivity contribution < 1.29 is 27.9 Å². The van der Waals surface area contributed by atoms with E-state index < -0.39 is 30.0 Å². The number of carbonyl (C=O) groups is 3. The predicted molar refractivity (Wildman–Crippen MR) is 188 cm³/mol. The van der Waals surface area contributed by atoms with Crippen LogP contribution in [0.3, 0.4) is 0 Å². The van der Waals surface area contributed by atoms with Crippen LogP contribution in [0.15, 0.2) is 53.8 Å². The SMILES string of the molecule is Cn1c(=O)n(C2CCC(=O)NC2=O)c2cccc(C[C@@H]3CN(CC4CCC(n5cc(NC(=O)c6cnn7cccnc67)c(C(F)F)n5)CC4)CCO3)c21. The topological polar surface area (TPSA) is 163 Å². The molecule has 8 rings (SSSR count). The number of aromatic nitrogens is 7. The van der Waals surface area contributed by atoms with Gasteiger partial charge in [0.1, 0.15) is 11.6 Å². The standard InChI is InChI=1S/C36H40F2N10O5/c1-44-31-22(4-2-5-27(31)48(36(44)52)28-10-11-29(49)42-35(28)51)16-24-19-45(14-15-53-24)18-21-6-8-23(9-7-21)47-20-26(30(43-47)32(37)38)41-34(50)25-17-40-46-13-3-12-39-33(25)46/h2-5,12-13,17,20-21,23-24,28,32H,6-11,14-16,18-19H2,1H3,(H,41,50)(H,42,49,51)/t21?,23?,24-,28?/m1/s1. The number of ether oxygens (including phenoxy) is 1. The van der Waals surface area contributed by atoms with Crippen LogP contribution in [-0.2, 0) is 27.8 Å². The lowest BCUT2D eigenvalue weighted by Crippen LogP contribution is -2.45. The maximum atomic E-state index is 14.1. The lowest BCUT2D eigenvalue weighted by Gasteiger charge is -2.37. The van der Waals surface area contributed by atoms with Crippen LogP contribution in [0.5, 0.6) is 0 Å². The first kappa shape index (κ1) is 34.8. The lowest BCUT2D eigenvalue weighted by molar-refractivity contribution is -0.135. The monoisotopic (exact) mass is 730 g/mol. The second-order valence-corrected chi connectivity index (χ2v) is 14.2. The first-order valence-electron chi connectivity index (χ1n) is 18.0. The van der Waals surface area contributed by atoms with E-state index >= 15 is 0 Å². The van der Waals surface area contributed by atoms with E-state index in [0.717, 1.165) is 56.4 Å². The molecule has 0 spiro atoms. The molecule has 3 amide bonds. The maximum Gasteiger partial charge on any atom is 0.329 e. The zero-order valence-electron chi connectivity index (χ0n) is 29.2. The number of benzene rings is 1. The minimum Gasteiger partial charge on any atom is -0.375 e. The molecule has 6 heterocycles. The summed E-state index contributed by atoms with van der Waals surface area (Å²) in [5.74, 6) is -0.955. The Balaban J connectivity index is 0.890. The minimum absolute atomic E-state index is 0.0231. The number of amides is 3. The Hall–Kier alpha value is -5.29. The van der Waals surface area contributed by atoms with Gasteiger partial charge in [-0.15, -0.1) is 0 Å². The van der Waals surface area contributed by atoms with Crippen LogP contribution in [0, 0.1) is 5.92 Å². The van der Waals surface area contributed by atoms with Crippen LogP contribution in [0.25, 0.3) is 16.7 Å². The van der Waals surface area contributed by atoms with Crippen LogP contribution >= 0.6 is 0 Å². The van der Waals surface area contributed by atoms with Crippen LogP contribution in [0.2, 0.25) is 0 Å². The number of fused-ring (bicyclic) bond motifs is 2. The van der Waals surface area contributed by atoms with Gasteiger partial charge in [0.05, 0.1) is 41.7 Å². The predicted octanol–water partition coefficient (Wildman–Crippen LogP) is 3.42. The fraction of sp³-hybridized carbons (Fsp3) is 0.472. The minimum atomic E-state index is -2.86. The van der Waals surface area contributed by atoms with E-state index in [1.807, 2.05) is 18.2 Å². The number of piperidine rings is 1. The number of para-hydroxylation sites is 1. The smallest absolute Gasteiger partial charge is 0.329 e. The van der Waals surface area contributed by atoms with Gasteiger partial charge in [-0.05, 0) is 55.7 Å². The number of halogens is 2. The van der Waals surface area contributed by atoms with E-state index in [2.05, 4.69) is 30.7 Å². The molecule has 1 unspecified atom stereocenters. The molecule has 1 aromatic carbocycles. The van der Waals surface area contributed by atoms with Gasteiger partial charge in [-0.25, -0.2) is 23.1 Å². The molecule has 278 valence electrons. The van der Waals surface area contributed by atoms with Gasteiger partial charge in [0.15, 0.2) is 11.3 Å². The van der Waals surface area contributed by atoms with E-state index in [0.29, 0.717) is 30.1 Å². The highest BCUT2D eigenvalue weighted by Gasteiger charge is 2.33. The van der Waals surface area contributed by atoms with Crippen LogP contribution < -0.4 is 16.3 Å². The Morgan fingerprint density at radius 1 is 1.11 bits per heavy atom. The zero-order valence-corrected chi connectivity index (χ0v) is 29.2. The molecule has 0 bridgehead atoms. The number of rotatable bonds is 9. The Morgan fingerprint density at radius 2 is 1.94 bits per heavy atom. The van der Waals surface area contributed by atoms with Gasteiger partial charge in [0.2, 0.25) is 11.8 Å². The molecule has 17 heteroatoms. The molecule has 2 saturated heterocycles. The Morgan fingerprint density at radius 3 is 2.74 bits per heavy atom. The fourth-order valence-electron chi connectivity index (χ4n) is 8.21. The highest BCUT2D eigenvalue weighted by Crippen LogP contribution is 2.36. The molecule has 2 atom stereocenters. The van der Waals surface area contributed by atoms with Crippen molar-refractivity contribution in [1.29, 1.82) is 0 Å². The van der Waals surface area contributed by atoms with Crippen molar-refractivity contribution in [3.05, 3.63) is 76.4 Å². The number of hydrogen-bond acceptors (Lipinski definition) is 9. The largest absolute Gasteiger partial charge is 0.375 e. The van der Waals surface area contributed by atoms with Gasteiger partial charge in [0, 0.05) is 58.1 Å². The summed E-state index contributed by atoms with van der Waals surface area (Å²) in [6.45, 7) is 2.99. The number of nitrogens with one attached hydrogen (secondary N) is 2. The Bertz CT molecular complexity index is 2250. The molecule has 5 aromatic rings. The average Bonchev–Trinajstić information content (AvgIpc) is 3.84. The lowest BCUT2D eigenvalue weighted by atomic mass is 9.85. The van der Waals surface area contributed by atoms with Crippen molar-refractivity contribution in [1.82, 2.24) is 43.7 Å². The second kappa shape index (κ2) is 14.3. The molecule has 2 N–H and O–H groups in total. The van der Waals surface area contributed by atoms with Crippen molar-refractivity contribution in [2.45, 2.75) is 69.6 Å². The molecule has 3 fully saturated rings. The van der Waals surface area contributed by atoms with Crippen molar-refractivity contribution >= 4 is 40.1 Å². The zero-order chi connectivity index (χ0) is 36.8. The highest BCUT2D eigenvalue weighted by molar-refractivity contribution is 6.08. The van der Waals surface area contributed by atoms with Gasteiger partial charge < -0.3 is 10.1 Å². The van der Waals surface area contributed by atoms with Gasteiger partial charge in [-0.3, -0.25) is 38.4 Å². The third-order valence-electron chi connectivity index (χ3n) is 10.8. The third kappa shape index (κ3) is 6.74. The summed E-state index contributed by atoms with van der Waals surface area (Å²) < 4.78 is 40.4. The number of morpholine rings is 1. The molecule has 15 nitrogen and oxygen atoms in total. The number of carbonyl (C=O) groups excluding carboxylic acids is 3. The van der Waals surface area contributed by atoms with Crippen LogP contribution in [0.4, 0.5) is 14.5 Å². The first-order valence-corrected chi connectivity index (χ1v) is 18.0. The normalized spacial score (nSPS) is 22.9. The molecular weight excluding hydrogens is 690 g/mol. The highest BCUT2D eigenvalue weighted by atomic mass is 19.3. The maximum absolute atomic E-state index is 14.1. The summed E-state index contributed by atoms with van der Waals surface area (Å²) in [5.41, 5.74) is 2.08. The summed E-state index contributed by atoms with van der Waals surface area (Å²) in [5, 5.41) is 13.3. The van der Waals surface area contributed by atoms with Crippen LogP contribution in [-0.4, -0.2) is 88.5 Å². The van der Waals surface area contributed by atoms with Crippen molar-refractivity contribution in [2.24, 2.45) is 13.0 Å². The van der Waals surface area contributed by atoms with Gasteiger partial charge >= 0.3 is 5.69 Å². The van der Waals surface area contributed by atoms with Crippen molar-refractivity contribution in [2.75, 3.05) is 31.6 Å². The Kier molecular flexibility index (Phi) is 9.36. The molecule has 4 aromatic heterocycles. The van der Waals surface area contributed by atoms with E-state index in [4.69, 9.17) is 4.74 Å². The van der Waals surface area contributed by atoms with Gasteiger partial charge in [-0.2, -0.15) is 10.2 Å². The number of aryl methyl sites for hydroxylation is 1. The molecule has 0 radical (unpaired) electrons. The molecule has 1 aliphatic carbocycles. The first-order chi connectivity index (χ1) is 25.6. The summed E-state index contributed by atoms with van der Waals surface area (Å²) in [4.78, 5) is 57.4. The quantitative estimate of drug-likeness (QED) is 0.217. The summed E-state index contributed by atoms with van der Waals surface area (Å²) in [6, 6.07) is 6.58. The number of imide groups is 1. The summed E-state index contributed by atoms with van der Waals surface area (Å²) in [7, 11) is 1.70. The van der Waals surface area contributed by atoms with E-state index in [-0.39, 0.29) is 47.8 Å².